The van der Waals surface area contributed by atoms with Crippen LogP contribution in [0.3, 0.4) is 0 Å². The van der Waals surface area contributed by atoms with Gasteiger partial charge in [-0.1, -0.05) is 41.9 Å². The van der Waals surface area contributed by atoms with Crippen molar-refractivity contribution >= 4 is 23.2 Å². The molecule has 1 amide bonds. The number of amides is 1. The smallest absolute Gasteiger partial charge is 0.249 e. The van der Waals surface area contributed by atoms with E-state index in [0.29, 0.717) is 36.4 Å². The molecule has 2 aliphatic rings. The first-order chi connectivity index (χ1) is 15.7. The predicted molar refractivity (Wildman–Crippen MR) is 120 cm³/mol. The first kappa shape index (κ1) is 21.7. The molecule has 1 saturated heterocycles. The predicted octanol–water partition coefficient (Wildman–Crippen LogP) is 2.58. The van der Waals surface area contributed by atoms with Crippen LogP contribution in [0, 0.1) is 11.5 Å². The van der Waals surface area contributed by atoms with E-state index in [1.165, 1.54) is 0 Å². The molecule has 2 heterocycles. The van der Waals surface area contributed by atoms with Crippen molar-refractivity contribution in [1.82, 2.24) is 15.2 Å². The number of morpholine rings is 1. The molecule has 0 aromatic heterocycles. The normalized spacial score (nSPS) is 18.9. The number of hydrogen-bond donors (Lipinski definition) is 1. The van der Waals surface area contributed by atoms with Crippen LogP contribution >= 0.6 is 11.6 Å². The fourth-order valence-corrected chi connectivity index (χ4v) is 3.72. The Balaban J connectivity index is 1.67. The highest BCUT2D eigenvalue weighted by Gasteiger charge is 2.38. The van der Waals surface area contributed by atoms with Gasteiger partial charge in [0.15, 0.2) is 6.19 Å². The summed E-state index contributed by atoms with van der Waals surface area (Å²) in [5, 5.41) is 18.6. The molecule has 0 radical (unpaired) electrons. The average Bonchev–Trinajstić information content (AvgIpc) is 3.25. The van der Waals surface area contributed by atoms with Crippen LogP contribution in [0.1, 0.15) is 5.56 Å². The van der Waals surface area contributed by atoms with E-state index in [1.54, 1.807) is 28.1 Å². The van der Waals surface area contributed by atoms with Crippen molar-refractivity contribution in [2.75, 3.05) is 32.8 Å². The number of benzene rings is 2. The Morgan fingerprint density at radius 3 is 2.78 bits per heavy atom. The minimum atomic E-state index is -0.278. The lowest BCUT2D eigenvalue weighted by Crippen LogP contribution is -2.52. The van der Waals surface area contributed by atoms with Gasteiger partial charge in [-0.3, -0.25) is 4.79 Å². The summed E-state index contributed by atoms with van der Waals surface area (Å²) in [6.07, 6.45) is 3.65. The van der Waals surface area contributed by atoms with Crippen LogP contribution in [0.4, 0.5) is 0 Å². The van der Waals surface area contributed by atoms with Crippen LogP contribution in [0.2, 0.25) is 5.02 Å². The number of hydrazone groups is 1. The molecule has 1 fully saturated rings. The second kappa shape index (κ2) is 10.2. The molecule has 0 bridgehead atoms. The Bertz CT molecular complexity index is 1050. The number of halogens is 1. The molecule has 2 aromatic carbocycles. The van der Waals surface area contributed by atoms with Crippen LogP contribution in [0.25, 0.3) is 0 Å². The number of nitrogens with one attached hydrogen (secondary N) is 1. The lowest BCUT2D eigenvalue weighted by molar-refractivity contribution is -0.144. The Hall–Kier alpha value is -3.54. The van der Waals surface area contributed by atoms with Crippen molar-refractivity contribution in [3.63, 3.8) is 0 Å². The van der Waals surface area contributed by atoms with E-state index in [9.17, 15) is 4.79 Å². The van der Waals surface area contributed by atoms with Crippen molar-refractivity contribution in [1.29, 1.82) is 5.26 Å². The number of carbonyl (C=O) groups is 1. The summed E-state index contributed by atoms with van der Waals surface area (Å²) in [7, 11) is 0. The van der Waals surface area contributed by atoms with Gasteiger partial charge < -0.3 is 19.7 Å². The average molecular weight is 452 g/mol. The van der Waals surface area contributed by atoms with Crippen LogP contribution in [-0.2, 0) is 9.53 Å². The maximum absolute atomic E-state index is 12.6. The van der Waals surface area contributed by atoms with Crippen LogP contribution in [0.15, 0.2) is 71.7 Å². The van der Waals surface area contributed by atoms with Gasteiger partial charge in [0.05, 0.1) is 24.9 Å². The van der Waals surface area contributed by atoms with Gasteiger partial charge in [0, 0.05) is 23.7 Å². The summed E-state index contributed by atoms with van der Waals surface area (Å²) in [5.41, 5.74) is 1.61. The number of nitrogens with zero attached hydrogens (tertiary/aromatic N) is 4. The maximum atomic E-state index is 12.6. The largest absolute Gasteiger partial charge is 0.440 e. The Morgan fingerprint density at radius 2 is 2.06 bits per heavy atom. The molecule has 2 aliphatic heterocycles. The minimum Gasteiger partial charge on any atom is -0.440 e. The zero-order valence-corrected chi connectivity index (χ0v) is 18.0. The van der Waals surface area contributed by atoms with Crippen LogP contribution < -0.4 is 10.1 Å². The third kappa shape index (κ3) is 5.02. The lowest BCUT2D eigenvalue weighted by Gasteiger charge is -2.33. The summed E-state index contributed by atoms with van der Waals surface area (Å²) in [4.78, 5) is 14.4. The molecule has 8 nitrogen and oxygen atoms in total. The second-order valence-electron chi connectivity index (χ2n) is 7.18. The molecule has 0 saturated carbocycles. The molecular formula is C23H22ClN5O3. The molecule has 32 heavy (non-hydrogen) atoms. The third-order valence-electron chi connectivity index (χ3n) is 5.11. The van der Waals surface area contributed by atoms with Crippen molar-refractivity contribution in [2.24, 2.45) is 5.10 Å². The molecule has 1 N–H and O–H groups in total. The zero-order chi connectivity index (χ0) is 22.3. The quantitative estimate of drug-likeness (QED) is 0.301. The van der Waals surface area contributed by atoms with Gasteiger partial charge in [0.25, 0.3) is 0 Å². The SMILES string of the molecule is N#CNCC=C(Oc1ccccc1)N1CC(N2CCOCC2=O)C(c2ccc(Cl)cc2)=N1. The van der Waals surface area contributed by atoms with E-state index < -0.39 is 0 Å². The van der Waals surface area contributed by atoms with Gasteiger partial charge in [0.1, 0.15) is 12.4 Å². The summed E-state index contributed by atoms with van der Waals surface area (Å²) in [5.74, 6) is 1.03. The highest BCUT2D eigenvalue weighted by atomic mass is 35.5. The second-order valence-corrected chi connectivity index (χ2v) is 7.62. The minimum absolute atomic E-state index is 0.0553. The topological polar surface area (TPSA) is 90.2 Å². The van der Waals surface area contributed by atoms with E-state index in [-0.39, 0.29) is 25.1 Å². The van der Waals surface area contributed by atoms with Crippen molar-refractivity contribution < 1.29 is 14.3 Å². The number of hydrogen-bond acceptors (Lipinski definition) is 7. The van der Waals surface area contributed by atoms with Gasteiger partial charge in [-0.2, -0.15) is 10.4 Å². The van der Waals surface area contributed by atoms with Gasteiger partial charge >= 0.3 is 0 Å². The monoisotopic (exact) mass is 451 g/mol. The van der Waals surface area contributed by atoms with Gasteiger partial charge in [-0.05, 0) is 30.3 Å². The summed E-state index contributed by atoms with van der Waals surface area (Å²) >= 11 is 6.07. The highest BCUT2D eigenvalue weighted by molar-refractivity contribution is 6.30. The van der Waals surface area contributed by atoms with Gasteiger partial charge in [0.2, 0.25) is 11.8 Å². The van der Waals surface area contributed by atoms with Gasteiger partial charge in [-0.15, -0.1) is 0 Å². The van der Waals surface area contributed by atoms with E-state index in [1.807, 2.05) is 48.7 Å². The van der Waals surface area contributed by atoms with E-state index in [4.69, 9.17) is 31.4 Å². The molecule has 1 unspecified atom stereocenters. The standard InChI is InChI=1S/C23H22ClN5O3/c24-18-8-6-17(7-9-18)23-20(28-12-13-31-15-21(28)30)14-29(27-23)22(10-11-26-16-25)32-19-4-2-1-3-5-19/h1-10,20,26H,11-15H2. The summed E-state index contributed by atoms with van der Waals surface area (Å²) < 4.78 is 11.4. The van der Waals surface area contributed by atoms with Crippen molar-refractivity contribution in [3.8, 4) is 11.9 Å². The van der Waals surface area contributed by atoms with E-state index >= 15 is 0 Å². The zero-order valence-electron chi connectivity index (χ0n) is 17.3. The van der Waals surface area contributed by atoms with Crippen LogP contribution in [0.5, 0.6) is 5.75 Å². The van der Waals surface area contributed by atoms with Gasteiger partial charge in [-0.25, -0.2) is 5.01 Å². The highest BCUT2D eigenvalue weighted by Crippen LogP contribution is 2.26. The van der Waals surface area contributed by atoms with E-state index in [0.717, 1.165) is 11.3 Å². The molecule has 0 spiro atoms. The first-order valence-electron chi connectivity index (χ1n) is 10.2. The molecule has 1 atom stereocenters. The maximum Gasteiger partial charge on any atom is 0.249 e. The molecule has 4 rings (SSSR count). The fraction of sp³-hybridized carbons (Fsp3) is 0.261. The molecular weight excluding hydrogens is 430 g/mol. The molecule has 9 heteroatoms. The first-order valence-corrected chi connectivity index (χ1v) is 10.6. The van der Waals surface area contributed by atoms with Crippen LogP contribution in [-0.4, -0.2) is 60.4 Å². The molecule has 0 aliphatic carbocycles. The Morgan fingerprint density at radius 1 is 1.28 bits per heavy atom. The van der Waals surface area contributed by atoms with Crippen molar-refractivity contribution in [3.05, 3.63) is 77.1 Å². The third-order valence-corrected chi connectivity index (χ3v) is 5.36. The number of nitriles is 1. The Kier molecular flexibility index (Phi) is 6.90. The number of para-hydroxylation sites is 1. The molecule has 164 valence electrons. The van der Waals surface area contributed by atoms with Crippen molar-refractivity contribution in [2.45, 2.75) is 6.04 Å². The number of carbonyl (C=O) groups excluding carboxylic acids is 1. The Labute approximate surface area is 191 Å². The fourth-order valence-electron chi connectivity index (χ4n) is 3.60. The molecule has 2 aromatic rings. The van der Waals surface area contributed by atoms with E-state index in [2.05, 4.69) is 5.32 Å². The summed E-state index contributed by atoms with van der Waals surface area (Å²) in [6.45, 7) is 1.71. The lowest BCUT2D eigenvalue weighted by atomic mass is 10.0. The summed E-state index contributed by atoms with van der Waals surface area (Å²) in [6, 6.07) is 16.4. The number of rotatable bonds is 7. The number of ether oxygens (including phenoxy) is 2.